The Morgan fingerprint density at radius 1 is 1.15 bits per heavy atom. The van der Waals surface area contributed by atoms with E-state index in [0.717, 1.165) is 4.90 Å². The third kappa shape index (κ3) is 5.53. The van der Waals surface area contributed by atoms with E-state index >= 15 is 0 Å². The molecular formula is C14H17BrF3NO. The topological polar surface area (TPSA) is 20.3 Å². The molecule has 1 aromatic carbocycles. The number of nitrogens with zero attached hydrogens (tertiary/aromatic N) is 1. The van der Waals surface area contributed by atoms with E-state index in [1.807, 2.05) is 0 Å². The molecule has 0 atom stereocenters. The molecule has 0 unspecified atom stereocenters. The molecule has 0 aromatic heterocycles. The summed E-state index contributed by atoms with van der Waals surface area (Å²) in [4.78, 5) is 13.2. The summed E-state index contributed by atoms with van der Waals surface area (Å²) in [5.74, 6) is -0.621. The molecule has 0 saturated carbocycles. The van der Waals surface area contributed by atoms with Gasteiger partial charge >= 0.3 is 6.18 Å². The van der Waals surface area contributed by atoms with Gasteiger partial charge in [-0.1, -0.05) is 32.9 Å². The van der Waals surface area contributed by atoms with Gasteiger partial charge in [-0.2, -0.15) is 13.2 Å². The van der Waals surface area contributed by atoms with Crippen LogP contribution >= 0.6 is 15.9 Å². The zero-order valence-electron chi connectivity index (χ0n) is 11.6. The van der Waals surface area contributed by atoms with Gasteiger partial charge in [0.2, 0.25) is 0 Å². The highest BCUT2D eigenvalue weighted by Crippen LogP contribution is 2.25. The van der Waals surface area contributed by atoms with Gasteiger partial charge in [0, 0.05) is 11.0 Å². The summed E-state index contributed by atoms with van der Waals surface area (Å²) in [6, 6.07) is 6.48. The molecule has 112 valence electrons. The van der Waals surface area contributed by atoms with Crippen LogP contribution in [0.5, 0.6) is 0 Å². The van der Waals surface area contributed by atoms with E-state index in [9.17, 15) is 18.0 Å². The van der Waals surface area contributed by atoms with E-state index in [-0.39, 0.29) is 12.1 Å². The SMILES string of the molecule is CC(C)(C)CN(CC(F)(F)F)C(=O)c1ccccc1Br. The Hall–Kier alpha value is -1.04. The lowest BCUT2D eigenvalue weighted by Crippen LogP contribution is -2.43. The van der Waals surface area contributed by atoms with Gasteiger partial charge in [-0.05, 0) is 33.5 Å². The fourth-order valence-electron chi connectivity index (χ4n) is 1.79. The van der Waals surface area contributed by atoms with Crippen molar-refractivity contribution in [2.24, 2.45) is 5.41 Å². The highest BCUT2D eigenvalue weighted by molar-refractivity contribution is 9.10. The number of carbonyl (C=O) groups excluding carboxylic acids is 1. The molecular weight excluding hydrogens is 335 g/mol. The van der Waals surface area contributed by atoms with E-state index in [1.165, 1.54) is 6.07 Å². The molecule has 0 fully saturated rings. The van der Waals surface area contributed by atoms with Crippen LogP contribution in [0.1, 0.15) is 31.1 Å². The first-order valence-corrected chi connectivity index (χ1v) is 6.89. The fourth-order valence-corrected chi connectivity index (χ4v) is 2.25. The molecule has 0 bridgehead atoms. The Kier molecular flexibility index (Phi) is 5.24. The van der Waals surface area contributed by atoms with Crippen LogP contribution in [0, 0.1) is 5.41 Å². The zero-order valence-corrected chi connectivity index (χ0v) is 13.2. The largest absolute Gasteiger partial charge is 0.406 e. The summed E-state index contributed by atoms with van der Waals surface area (Å²) >= 11 is 3.20. The van der Waals surface area contributed by atoms with Gasteiger partial charge in [0.15, 0.2) is 0 Å². The summed E-state index contributed by atoms with van der Waals surface area (Å²) in [5.41, 5.74) is -0.177. The van der Waals surface area contributed by atoms with Crippen LogP contribution in [0.4, 0.5) is 13.2 Å². The maximum absolute atomic E-state index is 12.7. The maximum Gasteiger partial charge on any atom is 0.406 e. The van der Waals surface area contributed by atoms with Gasteiger partial charge in [-0.3, -0.25) is 4.79 Å². The number of rotatable bonds is 3. The van der Waals surface area contributed by atoms with Crippen LogP contribution < -0.4 is 0 Å². The van der Waals surface area contributed by atoms with Crippen LogP contribution in [0.2, 0.25) is 0 Å². The Balaban J connectivity index is 3.04. The number of alkyl halides is 3. The van der Waals surface area contributed by atoms with Crippen LogP contribution in [0.15, 0.2) is 28.7 Å². The Morgan fingerprint density at radius 3 is 2.15 bits per heavy atom. The molecule has 0 heterocycles. The predicted octanol–water partition coefficient (Wildman–Crippen LogP) is 4.50. The van der Waals surface area contributed by atoms with E-state index in [4.69, 9.17) is 0 Å². The zero-order chi connectivity index (χ0) is 15.6. The van der Waals surface area contributed by atoms with Gasteiger partial charge in [-0.15, -0.1) is 0 Å². The first kappa shape index (κ1) is 17.0. The summed E-state index contributed by atoms with van der Waals surface area (Å²) in [7, 11) is 0. The van der Waals surface area contributed by atoms with Crippen molar-refractivity contribution in [1.29, 1.82) is 0 Å². The quantitative estimate of drug-likeness (QED) is 0.784. The monoisotopic (exact) mass is 351 g/mol. The minimum atomic E-state index is -4.41. The van der Waals surface area contributed by atoms with Crippen LogP contribution in [-0.4, -0.2) is 30.1 Å². The van der Waals surface area contributed by atoms with Gasteiger partial charge in [0.25, 0.3) is 5.91 Å². The van der Waals surface area contributed by atoms with E-state index in [2.05, 4.69) is 15.9 Å². The fraction of sp³-hybridized carbons (Fsp3) is 0.500. The van der Waals surface area contributed by atoms with Gasteiger partial charge in [-0.25, -0.2) is 0 Å². The third-order valence-corrected chi connectivity index (χ3v) is 3.12. The lowest BCUT2D eigenvalue weighted by molar-refractivity contribution is -0.142. The summed E-state index contributed by atoms with van der Waals surface area (Å²) in [6.45, 7) is 4.17. The molecule has 0 radical (unpaired) electrons. The van der Waals surface area contributed by atoms with E-state index < -0.39 is 24.0 Å². The summed E-state index contributed by atoms with van der Waals surface area (Å²) < 4.78 is 38.4. The molecule has 2 nitrogen and oxygen atoms in total. The number of hydrogen-bond acceptors (Lipinski definition) is 1. The van der Waals surface area contributed by atoms with Crippen LogP contribution in [0.3, 0.4) is 0 Å². The van der Waals surface area contributed by atoms with Crippen molar-refractivity contribution in [3.8, 4) is 0 Å². The molecule has 0 N–H and O–H groups in total. The van der Waals surface area contributed by atoms with Crippen molar-refractivity contribution in [1.82, 2.24) is 4.90 Å². The highest BCUT2D eigenvalue weighted by atomic mass is 79.9. The lowest BCUT2D eigenvalue weighted by atomic mass is 9.95. The van der Waals surface area contributed by atoms with E-state index in [0.29, 0.717) is 4.47 Å². The number of amides is 1. The molecule has 0 aliphatic rings. The van der Waals surface area contributed by atoms with E-state index in [1.54, 1.807) is 39.0 Å². The van der Waals surface area contributed by atoms with Crippen molar-refractivity contribution in [2.45, 2.75) is 26.9 Å². The van der Waals surface area contributed by atoms with Crippen molar-refractivity contribution in [2.75, 3.05) is 13.1 Å². The van der Waals surface area contributed by atoms with Gasteiger partial charge in [0.1, 0.15) is 6.54 Å². The highest BCUT2D eigenvalue weighted by Gasteiger charge is 2.35. The molecule has 1 aromatic rings. The maximum atomic E-state index is 12.7. The Bertz CT molecular complexity index is 464. The molecule has 0 spiro atoms. The first-order valence-electron chi connectivity index (χ1n) is 6.10. The van der Waals surface area contributed by atoms with Crippen LogP contribution in [0.25, 0.3) is 0 Å². The minimum absolute atomic E-state index is 0.0344. The smallest absolute Gasteiger partial charge is 0.329 e. The molecule has 0 aliphatic carbocycles. The van der Waals surface area contributed by atoms with Crippen molar-refractivity contribution >= 4 is 21.8 Å². The second-order valence-electron chi connectivity index (χ2n) is 5.82. The summed E-state index contributed by atoms with van der Waals surface area (Å²) in [6.07, 6.45) is -4.41. The predicted molar refractivity (Wildman–Crippen MR) is 75.6 cm³/mol. The van der Waals surface area contributed by atoms with Crippen molar-refractivity contribution < 1.29 is 18.0 Å². The van der Waals surface area contributed by atoms with Crippen LogP contribution in [-0.2, 0) is 0 Å². The van der Waals surface area contributed by atoms with Gasteiger partial charge < -0.3 is 4.90 Å². The average Bonchev–Trinajstić information content (AvgIpc) is 2.24. The second-order valence-corrected chi connectivity index (χ2v) is 6.67. The molecule has 0 aliphatic heterocycles. The molecule has 1 amide bonds. The lowest BCUT2D eigenvalue weighted by Gasteiger charge is -2.31. The first-order chi connectivity index (χ1) is 8.99. The standard InChI is InChI=1S/C14H17BrF3NO/c1-13(2,3)8-19(9-14(16,17)18)12(20)10-6-4-5-7-11(10)15/h4-7H,8-9H2,1-3H3. The molecule has 0 saturated heterocycles. The third-order valence-electron chi connectivity index (χ3n) is 2.43. The normalized spacial score (nSPS) is 12.3. The number of hydrogen-bond donors (Lipinski definition) is 0. The average molecular weight is 352 g/mol. The Labute approximate surface area is 125 Å². The molecule has 1 rings (SSSR count). The number of carbonyl (C=O) groups is 1. The number of halogens is 4. The van der Waals surface area contributed by atoms with Crippen molar-refractivity contribution in [3.63, 3.8) is 0 Å². The summed E-state index contributed by atoms with van der Waals surface area (Å²) in [5, 5.41) is 0. The minimum Gasteiger partial charge on any atom is -0.329 e. The Morgan fingerprint density at radius 2 is 1.70 bits per heavy atom. The van der Waals surface area contributed by atoms with Gasteiger partial charge in [0.05, 0.1) is 5.56 Å². The number of benzene rings is 1. The van der Waals surface area contributed by atoms with Crippen molar-refractivity contribution in [3.05, 3.63) is 34.3 Å². The molecule has 6 heteroatoms. The molecule has 20 heavy (non-hydrogen) atoms. The second kappa shape index (κ2) is 6.16.